The Kier molecular flexibility index (Phi) is 4.28. The van der Waals surface area contributed by atoms with E-state index in [0.29, 0.717) is 10.7 Å². The van der Waals surface area contributed by atoms with Crippen LogP contribution < -0.4 is 9.46 Å². The van der Waals surface area contributed by atoms with Gasteiger partial charge in [-0.05, 0) is 36.4 Å². The second-order valence-corrected chi connectivity index (χ2v) is 8.03. The lowest BCUT2D eigenvalue weighted by Crippen LogP contribution is -2.14. The molecule has 10 heteroatoms. The number of para-hydroxylation sites is 1. The first kappa shape index (κ1) is 17.4. The van der Waals surface area contributed by atoms with E-state index in [1.165, 1.54) is 23.5 Å². The molecule has 0 saturated carbocycles. The number of hydrogen-bond acceptors (Lipinski definition) is 6. The molecule has 2 aromatic carbocycles. The van der Waals surface area contributed by atoms with E-state index >= 15 is 0 Å². The summed E-state index contributed by atoms with van der Waals surface area (Å²) in [5.74, 6) is 0.0829. The van der Waals surface area contributed by atoms with Crippen LogP contribution in [0, 0.1) is 5.82 Å². The summed E-state index contributed by atoms with van der Waals surface area (Å²) in [5, 5.41) is 6.12. The Morgan fingerprint density at radius 1 is 1.15 bits per heavy atom. The number of fused-ring (bicyclic) bond motifs is 1. The Hall–Kier alpha value is -2.98. The molecule has 1 N–H and O–H groups in total. The summed E-state index contributed by atoms with van der Waals surface area (Å²) in [5.41, 5.74) is 1.54. The molecule has 0 aliphatic heterocycles. The second kappa shape index (κ2) is 6.63. The van der Waals surface area contributed by atoms with Crippen molar-refractivity contribution in [1.82, 2.24) is 14.6 Å². The van der Waals surface area contributed by atoms with Crippen molar-refractivity contribution in [2.24, 2.45) is 0 Å². The minimum absolute atomic E-state index is 0.0673. The number of aromatic nitrogens is 3. The van der Waals surface area contributed by atoms with Crippen LogP contribution in [0.15, 0.2) is 58.8 Å². The number of thiazole rings is 1. The van der Waals surface area contributed by atoms with Crippen LogP contribution in [0.25, 0.3) is 16.2 Å². The maximum absolute atomic E-state index is 13.0. The van der Waals surface area contributed by atoms with Gasteiger partial charge in [0.2, 0.25) is 4.96 Å². The quantitative estimate of drug-likeness (QED) is 0.551. The highest BCUT2D eigenvalue weighted by atomic mass is 32.2. The van der Waals surface area contributed by atoms with Gasteiger partial charge in [0.25, 0.3) is 16.0 Å². The molecule has 0 fully saturated rings. The largest absolute Gasteiger partial charge is 0.496 e. The molecule has 0 unspecified atom stereocenters. The van der Waals surface area contributed by atoms with E-state index in [1.807, 2.05) is 29.6 Å². The molecule has 0 radical (unpaired) electrons. The highest BCUT2D eigenvalue weighted by Gasteiger charge is 2.19. The Balaban J connectivity index is 1.71. The number of halogens is 1. The molecule has 0 aliphatic rings. The number of sulfonamides is 1. The number of nitrogens with zero attached hydrogens (tertiary/aromatic N) is 3. The lowest BCUT2D eigenvalue weighted by molar-refractivity contribution is 0.416. The van der Waals surface area contributed by atoms with E-state index < -0.39 is 15.8 Å². The lowest BCUT2D eigenvalue weighted by Gasteiger charge is -2.06. The van der Waals surface area contributed by atoms with Gasteiger partial charge in [0.15, 0.2) is 0 Å². The van der Waals surface area contributed by atoms with Crippen molar-refractivity contribution in [3.63, 3.8) is 0 Å². The third-order valence-electron chi connectivity index (χ3n) is 3.81. The zero-order chi connectivity index (χ0) is 19.0. The van der Waals surface area contributed by atoms with E-state index in [4.69, 9.17) is 4.74 Å². The standard InChI is InChI=1S/C17H13FN4O3S2/c1-25-15-5-3-2-4-13(15)14-10-26-17-19-16(20-22(14)17)21-27(23,24)12-8-6-11(18)7-9-12/h2-10H,1H3,(H,20,21). The number of rotatable bonds is 5. The highest BCUT2D eigenvalue weighted by molar-refractivity contribution is 7.92. The first-order valence-electron chi connectivity index (χ1n) is 7.74. The summed E-state index contributed by atoms with van der Waals surface area (Å²) in [6, 6.07) is 11.9. The Morgan fingerprint density at radius 3 is 2.63 bits per heavy atom. The monoisotopic (exact) mass is 404 g/mol. The number of anilines is 1. The van der Waals surface area contributed by atoms with Gasteiger partial charge in [0, 0.05) is 10.9 Å². The lowest BCUT2D eigenvalue weighted by atomic mass is 10.1. The molecular formula is C17H13FN4O3S2. The zero-order valence-electron chi connectivity index (χ0n) is 14.0. The third kappa shape index (κ3) is 3.24. The van der Waals surface area contributed by atoms with Crippen LogP contribution in [-0.2, 0) is 10.0 Å². The van der Waals surface area contributed by atoms with Crippen molar-refractivity contribution in [2.75, 3.05) is 11.8 Å². The summed E-state index contributed by atoms with van der Waals surface area (Å²) < 4.78 is 47.1. The van der Waals surface area contributed by atoms with Gasteiger partial charge in [-0.1, -0.05) is 12.1 Å². The molecule has 0 aliphatic carbocycles. The number of ether oxygens (including phenoxy) is 1. The van der Waals surface area contributed by atoms with Gasteiger partial charge in [-0.2, -0.15) is 4.98 Å². The molecule has 0 atom stereocenters. The predicted molar refractivity (Wildman–Crippen MR) is 100 cm³/mol. The van der Waals surface area contributed by atoms with Gasteiger partial charge in [-0.25, -0.2) is 22.0 Å². The number of nitrogens with one attached hydrogen (secondary N) is 1. The van der Waals surface area contributed by atoms with Gasteiger partial charge in [0.1, 0.15) is 11.6 Å². The molecule has 2 heterocycles. The molecule has 0 spiro atoms. The number of methoxy groups -OCH3 is 1. The Labute approximate surface area is 158 Å². The Morgan fingerprint density at radius 2 is 1.89 bits per heavy atom. The van der Waals surface area contributed by atoms with Crippen LogP contribution in [0.3, 0.4) is 0 Å². The Bertz CT molecular complexity index is 1220. The summed E-state index contributed by atoms with van der Waals surface area (Å²) in [6.07, 6.45) is 0. The molecule has 2 aromatic heterocycles. The molecule has 7 nitrogen and oxygen atoms in total. The van der Waals surface area contributed by atoms with Gasteiger partial charge < -0.3 is 4.74 Å². The van der Waals surface area contributed by atoms with Gasteiger partial charge in [-0.15, -0.1) is 16.4 Å². The number of benzene rings is 2. The van der Waals surface area contributed by atoms with E-state index in [1.54, 1.807) is 11.6 Å². The van der Waals surface area contributed by atoms with Crippen molar-refractivity contribution >= 4 is 32.3 Å². The van der Waals surface area contributed by atoms with Crippen LogP contribution in [0.4, 0.5) is 10.3 Å². The molecule has 4 aromatic rings. The summed E-state index contributed by atoms with van der Waals surface area (Å²) in [4.78, 5) is 4.65. The first-order valence-corrected chi connectivity index (χ1v) is 10.1. The van der Waals surface area contributed by atoms with E-state index in [-0.39, 0.29) is 10.8 Å². The summed E-state index contributed by atoms with van der Waals surface area (Å²) >= 11 is 1.32. The molecular weight excluding hydrogens is 391 g/mol. The van der Waals surface area contributed by atoms with Crippen molar-refractivity contribution in [3.05, 3.63) is 59.7 Å². The van der Waals surface area contributed by atoms with Crippen LogP contribution in [0.1, 0.15) is 0 Å². The summed E-state index contributed by atoms with van der Waals surface area (Å²) in [7, 11) is -2.35. The van der Waals surface area contributed by atoms with Gasteiger partial charge in [-0.3, -0.25) is 0 Å². The van der Waals surface area contributed by atoms with Crippen LogP contribution in [0.5, 0.6) is 5.75 Å². The third-order valence-corrected chi connectivity index (χ3v) is 5.97. The predicted octanol–water partition coefficient (Wildman–Crippen LogP) is 3.41. The van der Waals surface area contributed by atoms with Gasteiger partial charge >= 0.3 is 0 Å². The number of hydrogen-bond donors (Lipinski definition) is 1. The van der Waals surface area contributed by atoms with Gasteiger partial charge in [0.05, 0.1) is 17.7 Å². The molecule has 0 amide bonds. The van der Waals surface area contributed by atoms with Crippen LogP contribution in [-0.4, -0.2) is 30.1 Å². The highest BCUT2D eigenvalue weighted by Crippen LogP contribution is 2.32. The topological polar surface area (TPSA) is 85.6 Å². The van der Waals surface area contributed by atoms with Crippen molar-refractivity contribution in [3.8, 4) is 17.0 Å². The first-order chi connectivity index (χ1) is 13.0. The fourth-order valence-corrected chi connectivity index (χ4v) is 4.32. The SMILES string of the molecule is COc1ccccc1-c1csc2nc(NS(=O)(=O)c3ccc(F)cc3)nn12. The fourth-order valence-electron chi connectivity index (χ4n) is 2.56. The summed E-state index contributed by atoms with van der Waals surface area (Å²) in [6.45, 7) is 0. The minimum atomic E-state index is -3.92. The fraction of sp³-hybridized carbons (Fsp3) is 0.0588. The average molecular weight is 404 g/mol. The molecule has 4 rings (SSSR count). The van der Waals surface area contributed by atoms with Crippen LogP contribution in [0.2, 0.25) is 0 Å². The van der Waals surface area contributed by atoms with E-state index in [2.05, 4.69) is 14.8 Å². The maximum atomic E-state index is 13.0. The normalized spacial score (nSPS) is 11.6. The van der Waals surface area contributed by atoms with Crippen LogP contribution >= 0.6 is 11.3 Å². The minimum Gasteiger partial charge on any atom is -0.496 e. The average Bonchev–Trinajstić information content (AvgIpc) is 3.21. The smallest absolute Gasteiger partial charge is 0.264 e. The van der Waals surface area contributed by atoms with E-state index in [0.717, 1.165) is 23.4 Å². The molecule has 138 valence electrons. The molecule has 0 bridgehead atoms. The van der Waals surface area contributed by atoms with Crippen molar-refractivity contribution in [1.29, 1.82) is 0 Å². The maximum Gasteiger partial charge on any atom is 0.264 e. The van der Waals surface area contributed by atoms with E-state index in [9.17, 15) is 12.8 Å². The zero-order valence-corrected chi connectivity index (χ0v) is 15.6. The second-order valence-electron chi connectivity index (χ2n) is 5.51. The van der Waals surface area contributed by atoms with Crippen molar-refractivity contribution < 1.29 is 17.5 Å². The van der Waals surface area contributed by atoms with Crippen molar-refractivity contribution in [2.45, 2.75) is 4.90 Å². The molecule has 27 heavy (non-hydrogen) atoms. The molecule has 0 saturated heterocycles.